The van der Waals surface area contributed by atoms with Crippen molar-refractivity contribution in [3.63, 3.8) is 0 Å². The summed E-state index contributed by atoms with van der Waals surface area (Å²) in [5, 5.41) is 6.17. The summed E-state index contributed by atoms with van der Waals surface area (Å²) in [6.07, 6.45) is 2.23. The fourth-order valence-electron chi connectivity index (χ4n) is 1.53. The maximum atomic E-state index is 11.6. The normalized spacial score (nSPS) is 11.3. The summed E-state index contributed by atoms with van der Waals surface area (Å²) in [6, 6.07) is 3.89. The predicted octanol–water partition coefficient (Wildman–Crippen LogP) is 1.78. The second kappa shape index (κ2) is 6.50. The molecule has 1 amide bonds. The van der Waals surface area contributed by atoms with E-state index in [0.29, 0.717) is 19.5 Å². The number of amides is 1. The lowest BCUT2D eigenvalue weighted by Gasteiger charge is -2.20. The molecule has 0 saturated heterocycles. The number of pyridine rings is 1. The third kappa shape index (κ3) is 5.77. The largest absolute Gasteiger partial charge is 0.350 e. The minimum absolute atomic E-state index is 0.0526. The zero-order valence-electron chi connectivity index (χ0n) is 11.7. The number of aromatic nitrogens is 1. The molecule has 0 bridgehead atoms. The van der Waals surface area contributed by atoms with Crippen molar-refractivity contribution in [1.29, 1.82) is 0 Å². The van der Waals surface area contributed by atoms with E-state index in [2.05, 4.69) is 36.4 Å². The van der Waals surface area contributed by atoms with Gasteiger partial charge in [-0.15, -0.1) is 0 Å². The van der Waals surface area contributed by atoms with Gasteiger partial charge < -0.3 is 10.6 Å². The Morgan fingerprint density at radius 2 is 2.11 bits per heavy atom. The Kier molecular flexibility index (Phi) is 5.28. The van der Waals surface area contributed by atoms with E-state index in [9.17, 15) is 4.79 Å². The summed E-state index contributed by atoms with van der Waals surface area (Å²) in [4.78, 5) is 15.9. The van der Waals surface area contributed by atoms with Gasteiger partial charge in [-0.05, 0) is 39.3 Å². The van der Waals surface area contributed by atoms with Gasteiger partial charge in [0.15, 0.2) is 0 Å². The van der Waals surface area contributed by atoms with Gasteiger partial charge in [-0.1, -0.05) is 6.07 Å². The first-order chi connectivity index (χ1) is 8.38. The molecule has 18 heavy (non-hydrogen) atoms. The molecule has 0 unspecified atom stereocenters. The van der Waals surface area contributed by atoms with E-state index in [4.69, 9.17) is 0 Å². The highest BCUT2D eigenvalue weighted by molar-refractivity contribution is 5.76. The van der Waals surface area contributed by atoms with Gasteiger partial charge in [0.1, 0.15) is 0 Å². The van der Waals surface area contributed by atoms with Crippen molar-refractivity contribution in [2.75, 3.05) is 6.54 Å². The summed E-state index contributed by atoms with van der Waals surface area (Å²) in [6.45, 7) is 9.44. The first kappa shape index (κ1) is 14.6. The van der Waals surface area contributed by atoms with Crippen LogP contribution in [0.15, 0.2) is 18.3 Å². The third-order valence-electron chi connectivity index (χ3n) is 2.58. The number of aryl methyl sites for hydroxylation is 1. The average molecular weight is 249 g/mol. The van der Waals surface area contributed by atoms with Crippen molar-refractivity contribution < 1.29 is 4.79 Å². The summed E-state index contributed by atoms with van der Waals surface area (Å²) in [7, 11) is 0. The predicted molar refractivity (Wildman–Crippen MR) is 73.2 cm³/mol. The molecule has 0 fully saturated rings. The molecular weight excluding hydrogens is 226 g/mol. The van der Waals surface area contributed by atoms with Gasteiger partial charge in [0.2, 0.25) is 5.91 Å². The van der Waals surface area contributed by atoms with Gasteiger partial charge in [-0.3, -0.25) is 9.78 Å². The molecule has 0 saturated carbocycles. The molecule has 1 rings (SSSR count). The van der Waals surface area contributed by atoms with Gasteiger partial charge in [0.25, 0.3) is 0 Å². The van der Waals surface area contributed by atoms with E-state index >= 15 is 0 Å². The molecule has 0 radical (unpaired) electrons. The minimum atomic E-state index is 0.0526. The molecule has 4 heteroatoms. The van der Waals surface area contributed by atoms with Gasteiger partial charge >= 0.3 is 0 Å². The fourth-order valence-corrected chi connectivity index (χ4v) is 1.53. The molecule has 2 N–H and O–H groups in total. The van der Waals surface area contributed by atoms with E-state index < -0.39 is 0 Å². The molecule has 1 heterocycles. The fraction of sp³-hybridized carbons (Fsp3) is 0.571. The van der Waals surface area contributed by atoms with Crippen LogP contribution in [0.4, 0.5) is 0 Å². The Bertz CT molecular complexity index is 396. The highest BCUT2D eigenvalue weighted by Gasteiger charge is 2.09. The van der Waals surface area contributed by atoms with E-state index in [0.717, 1.165) is 11.3 Å². The number of nitrogens with zero attached hydrogens (tertiary/aromatic N) is 1. The van der Waals surface area contributed by atoms with Crippen molar-refractivity contribution in [2.24, 2.45) is 0 Å². The Morgan fingerprint density at radius 1 is 1.39 bits per heavy atom. The van der Waals surface area contributed by atoms with Crippen LogP contribution in [0, 0.1) is 6.92 Å². The molecule has 1 aromatic rings. The summed E-state index contributed by atoms with van der Waals surface area (Å²) >= 11 is 0. The lowest BCUT2D eigenvalue weighted by Crippen LogP contribution is -2.38. The highest BCUT2D eigenvalue weighted by Crippen LogP contribution is 2.02. The van der Waals surface area contributed by atoms with Crippen LogP contribution in [0.5, 0.6) is 0 Å². The number of nitrogens with one attached hydrogen (secondary N) is 2. The van der Waals surface area contributed by atoms with Gasteiger partial charge in [-0.25, -0.2) is 0 Å². The van der Waals surface area contributed by atoms with Gasteiger partial charge in [0, 0.05) is 24.7 Å². The zero-order chi connectivity index (χ0) is 13.6. The Morgan fingerprint density at radius 3 is 2.72 bits per heavy atom. The third-order valence-corrected chi connectivity index (χ3v) is 2.58. The van der Waals surface area contributed by atoms with Crippen molar-refractivity contribution in [2.45, 2.75) is 46.2 Å². The van der Waals surface area contributed by atoms with Crippen molar-refractivity contribution in [3.8, 4) is 0 Å². The Balaban J connectivity index is 2.28. The first-order valence-corrected chi connectivity index (χ1v) is 6.31. The van der Waals surface area contributed by atoms with Crippen LogP contribution in [0.1, 0.15) is 38.4 Å². The second-order valence-electron chi connectivity index (χ2n) is 5.47. The second-order valence-corrected chi connectivity index (χ2v) is 5.47. The molecule has 0 aliphatic rings. The number of carbonyl (C=O) groups excluding carboxylic acids is 1. The van der Waals surface area contributed by atoms with Crippen molar-refractivity contribution >= 4 is 5.91 Å². The number of carbonyl (C=O) groups is 1. The van der Waals surface area contributed by atoms with Crippen LogP contribution in [0.25, 0.3) is 0 Å². The van der Waals surface area contributed by atoms with Crippen LogP contribution in [0.3, 0.4) is 0 Å². The van der Waals surface area contributed by atoms with Crippen molar-refractivity contribution in [3.05, 3.63) is 29.6 Å². The molecule has 1 aromatic heterocycles. The molecular formula is C14H23N3O. The molecule has 0 aliphatic heterocycles. The number of hydrogen-bond donors (Lipinski definition) is 2. The summed E-state index contributed by atoms with van der Waals surface area (Å²) in [5.41, 5.74) is 2.08. The van der Waals surface area contributed by atoms with Crippen LogP contribution < -0.4 is 10.6 Å². The lowest BCUT2D eigenvalue weighted by atomic mass is 10.1. The number of hydrogen-bond acceptors (Lipinski definition) is 3. The van der Waals surface area contributed by atoms with E-state index in [-0.39, 0.29) is 11.4 Å². The maximum Gasteiger partial charge on any atom is 0.221 e. The number of rotatable bonds is 5. The minimum Gasteiger partial charge on any atom is -0.350 e. The Labute approximate surface area is 109 Å². The maximum absolute atomic E-state index is 11.6. The Hall–Kier alpha value is -1.42. The SMILES string of the molecule is Cc1cccnc1CNC(=O)CCNC(C)(C)C. The van der Waals surface area contributed by atoms with E-state index in [1.807, 2.05) is 19.1 Å². The smallest absolute Gasteiger partial charge is 0.221 e. The molecule has 0 atom stereocenters. The topological polar surface area (TPSA) is 54.0 Å². The molecule has 0 spiro atoms. The van der Waals surface area contributed by atoms with Crippen LogP contribution in [-0.4, -0.2) is 23.0 Å². The highest BCUT2D eigenvalue weighted by atomic mass is 16.1. The molecule has 100 valence electrons. The monoisotopic (exact) mass is 249 g/mol. The standard InChI is InChI=1S/C14H23N3O/c1-11-6-5-8-15-12(11)10-16-13(18)7-9-17-14(2,3)4/h5-6,8,17H,7,9-10H2,1-4H3,(H,16,18). The van der Waals surface area contributed by atoms with E-state index in [1.165, 1.54) is 0 Å². The molecule has 0 aromatic carbocycles. The molecule has 0 aliphatic carbocycles. The van der Waals surface area contributed by atoms with Crippen LogP contribution in [0.2, 0.25) is 0 Å². The zero-order valence-corrected chi connectivity index (χ0v) is 11.7. The van der Waals surface area contributed by atoms with Crippen molar-refractivity contribution in [1.82, 2.24) is 15.6 Å². The lowest BCUT2D eigenvalue weighted by molar-refractivity contribution is -0.121. The first-order valence-electron chi connectivity index (χ1n) is 6.31. The molecule has 4 nitrogen and oxygen atoms in total. The summed E-state index contributed by atoms with van der Waals surface area (Å²) < 4.78 is 0. The quantitative estimate of drug-likeness (QED) is 0.836. The van der Waals surface area contributed by atoms with Gasteiger partial charge in [0.05, 0.1) is 12.2 Å². The summed E-state index contributed by atoms with van der Waals surface area (Å²) in [5.74, 6) is 0.0526. The average Bonchev–Trinajstić information content (AvgIpc) is 2.26. The van der Waals surface area contributed by atoms with Gasteiger partial charge in [-0.2, -0.15) is 0 Å². The van der Waals surface area contributed by atoms with Crippen LogP contribution in [-0.2, 0) is 11.3 Å². The van der Waals surface area contributed by atoms with Crippen LogP contribution >= 0.6 is 0 Å². The van der Waals surface area contributed by atoms with E-state index in [1.54, 1.807) is 6.20 Å².